The van der Waals surface area contributed by atoms with E-state index in [0.717, 1.165) is 30.6 Å². The zero-order chi connectivity index (χ0) is 16.1. The van der Waals surface area contributed by atoms with Crippen LogP contribution >= 0.6 is 0 Å². The third kappa shape index (κ3) is 4.13. The predicted molar refractivity (Wildman–Crippen MR) is 89.6 cm³/mol. The Morgan fingerprint density at radius 3 is 2.22 bits per heavy atom. The summed E-state index contributed by atoms with van der Waals surface area (Å²) < 4.78 is 11.9. The van der Waals surface area contributed by atoms with Gasteiger partial charge in [-0.1, -0.05) is 44.7 Å². The second-order valence-electron chi connectivity index (χ2n) is 7.06. The van der Waals surface area contributed by atoms with E-state index in [0.29, 0.717) is 11.5 Å². The number of benzene rings is 1. The molecule has 1 aromatic carbocycles. The van der Waals surface area contributed by atoms with E-state index in [2.05, 4.69) is 13.0 Å². The maximum absolute atomic E-state index is 8.86. The summed E-state index contributed by atoms with van der Waals surface area (Å²) in [5.41, 5.74) is 1.68. The molecule has 1 saturated heterocycles. The van der Waals surface area contributed by atoms with Gasteiger partial charge in [-0.05, 0) is 36.8 Å². The summed E-state index contributed by atoms with van der Waals surface area (Å²) in [4.78, 5) is 0. The molecule has 0 spiro atoms. The Hall–Kier alpha value is -1.37. The van der Waals surface area contributed by atoms with Crippen molar-refractivity contribution in [2.75, 3.05) is 13.2 Å². The molecule has 1 aliphatic heterocycles. The van der Waals surface area contributed by atoms with Crippen molar-refractivity contribution in [2.45, 2.75) is 51.7 Å². The smallest absolute Gasteiger partial charge is 0.183 e. The molecule has 1 aromatic rings. The van der Waals surface area contributed by atoms with Crippen molar-refractivity contribution in [2.24, 2.45) is 17.8 Å². The highest BCUT2D eigenvalue weighted by Crippen LogP contribution is 2.38. The van der Waals surface area contributed by atoms with Gasteiger partial charge in [0, 0.05) is 11.5 Å². The number of hydrogen-bond donors (Lipinski definition) is 0. The molecule has 0 radical (unpaired) electrons. The van der Waals surface area contributed by atoms with Crippen LogP contribution in [0.2, 0.25) is 0 Å². The van der Waals surface area contributed by atoms with Gasteiger partial charge in [0.25, 0.3) is 0 Å². The minimum Gasteiger partial charge on any atom is -0.348 e. The lowest BCUT2D eigenvalue weighted by molar-refractivity contribution is -0.214. The normalized spacial score (nSPS) is 31.5. The van der Waals surface area contributed by atoms with Gasteiger partial charge in [0.15, 0.2) is 6.29 Å². The van der Waals surface area contributed by atoms with Crippen LogP contribution in [0.5, 0.6) is 0 Å². The number of hydrogen-bond acceptors (Lipinski definition) is 3. The molecule has 0 unspecified atom stereocenters. The van der Waals surface area contributed by atoms with Crippen LogP contribution in [-0.4, -0.2) is 13.2 Å². The Kier molecular flexibility index (Phi) is 5.70. The lowest BCUT2D eigenvalue weighted by Crippen LogP contribution is -2.34. The Labute approximate surface area is 139 Å². The van der Waals surface area contributed by atoms with E-state index >= 15 is 0 Å². The summed E-state index contributed by atoms with van der Waals surface area (Å²) in [6.07, 6.45) is 7.88. The third-order valence-corrected chi connectivity index (χ3v) is 5.49. The molecule has 0 atom stereocenters. The van der Waals surface area contributed by atoms with E-state index in [-0.39, 0.29) is 6.29 Å². The maximum atomic E-state index is 8.86. The molecular formula is C20H27NO2. The van der Waals surface area contributed by atoms with Gasteiger partial charge < -0.3 is 9.47 Å². The molecule has 1 aliphatic carbocycles. The first-order valence-corrected chi connectivity index (χ1v) is 9.03. The number of nitriles is 1. The molecular weight excluding hydrogens is 286 g/mol. The molecule has 124 valence electrons. The third-order valence-electron chi connectivity index (χ3n) is 5.49. The number of rotatable bonds is 4. The van der Waals surface area contributed by atoms with Crippen LogP contribution in [0.3, 0.4) is 0 Å². The molecule has 3 nitrogen and oxygen atoms in total. The minimum absolute atomic E-state index is 0.268. The van der Waals surface area contributed by atoms with Gasteiger partial charge in [-0.3, -0.25) is 0 Å². The van der Waals surface area contributed by atoms with E-state index in [1.807, 2.05) is 24.3 Å². The van der Waals surface area contributed by atoms with Crippen LogP contribution in [0.25, 0.3) is 0 Å². The molecule has 0 amide bonds. The van der Waals surface area contributed by atoms with Crippen LogP contribution in [0.1, 0.15) is 62.9 Å². The highest BCUT2D eigenvalue weighted by Gasteiger charge is 2.32. The van der Waals surface area contributed by atoms with Gasteiger partial charge in [-0.15, -0.1) is 0 Å². The van der Waals surface area contributed by atoms with E-state index in [9.17, 15) is 0 Å². The van der Waals surface area contributed by atoms with Crippen molar-refractivity contribution in [3.63, 3.8) is 0 Å². The summed E-state index contributed by atoms with van der Waals surface area (Å²) in [5.74, 6) is 2.27. The van der Waals surface area contributed by atoms with Crippen molar-refractivity contribution >= 4 is 0 Å². The SMILES string of the molecule is CCCC1CCC(C2COC(c3ccc(C#N)cc3)OC2)CC1. The number of ether oxygens (including phenoxy) is 2. The largest absolute Gasteiger partial charge is 0.348 e. The van der Waals surface area contributed by atoms with Gasteiger partial charge >= 0.3 is 0 Å². The molecule has 2 aliphatic rings. The highest BCUT2D eigenvalue weighted by molar-refractivity contribution is 5.32. The van der Waals surface area contributed by atoms with Crippen LogP contribution in [-0.2, 0) is 9.47 Å². The maximum Gasteiger partial charge on any atom is 0.183 e. The summed E-state index contributed by atoms with van der Waals surface area (Å²) in [7, 11) is 0. The van der Waals surface area contributed by atoms with Crippen molar-refractivity contribution in [1.29, 1.82) is 5.26 Å². The summed E-state index contributed by atoms with van der Waals surface area (Å²) >= 11 is 0. The summed E-state index contributed by atoms with van der Waals surface area (Å²) in [6, 6.07) is 9.64. The fraction of sp³-hybridized carbons (Fsp3) is 0.650. The Morgan fingerprint density at radius 2 is 1.65 bits per heavy atom. The first kappa shape index (κ1) is 16.5. The zero-order valence-corrected chi connectivity index (χ0v) is 14.0. The zero-order valence-electron chi connectivity index (χ0n) is 14.0. The summed E-state index contributed by atoms with van der Waals surface area (Å²) in [5, 5.41) is 8.86. The molecule has 1 saturated carbocycles. The highest BCUT2D eigenvalue weighted by atomic mass is 16.7. The minimum atomic E-state index is -0.268. The molecule has 2 fully saturated rings. The average molecular weight is 313 g/mol. The van der Waals surface area contributed by atoms with Gasteiger partial charge in [0.05, 0.1) is 24.8 Å². The van der Waals surface area contributed by atoms with Gasteiger partial charge in [-0.2, -0.15) is 5.26 Å². The first-order valence-electron chi connectivity index (χ1n) is 9.03. The summed E-state index contributed by atoms with van der Waals surface area (Å²) in [6.45, 7) is 3.89. The van der Waals surface area contributed by atoms with Crippen molar-refractivity contribution < 1.29 is 9.47 Å². The van der Waals surface area contributed by atoms with Crippen LogP contribution in [0.15, 0.2) is 24.3 Å². The molecule has 0 bridgehead atoms. The number of nitrogens with zero attached hydrogens (tertiary/aromatic N) is 1. The van der Waals surface area contributed by atoms with Gasteiger partial charge in [0.2, 0.25) is 0 Å². The van der Waals surface area contributed by atoms with E-state index in [1.165, 1.54) is 38.5 Å². The molecule has 0 N–H and O–H groups in total. The van der Waals surface area contributed by atoms with Crippen molar-refractivity contribution in [3.05, 3.63) is 35.4 Å². The van der Waals surface area contributed by atoms with E-state index in [1.54, 1.807) is 0 Å². The van der Waals surface area contributed by atoms with Crippen LogP contribution < -0.4 is 0 Å². The lowest BCUT2D eigenvalue weighted by atomic mass is 9.75. The Bertz CT molecular complexity index is 518. The van der Waals surface area contributed by atoms with Gasteiger partial charge in [0.1, 0.15) is 0 Å². The standard InChI is InChI=1S/C20H27NO2/c1-2-3-15-4-8-17(9-5-15)19-13-22-20(23-14-19)18-10-6-16(12-21)7-11-18/h6-7,10-11,15,17,19-20H,2-5,8-9,13-14H2,1H3. The second kappa shape index (κ2) is 7.95. The fourth-order valence-corrected chi connectivity index (χ4v) is 4.05. The molecule has 0 aromatic heterocycles. The first-order chi connectivity index (χ1) is 11.3. The second-order valence-corrected chi connectivity index (χ2v) is 7.06. The molecule has 3 heteroatoms. The monoisotopic (exact) mass is 313 g/mol. The molecule has 3 rings (SSSR count). The van der Waals surface area contributed by atoms with Crippen LogP contribution in [0, 0.1) is 29.1 Å². The van der Waals surface area contributed by atoms with Crippen molar-refractivity contribution in [3.8, 4) is 6.07 Å². The topological polar surface area (TPSA) is 42.2 Å². The quantitative estimate of drug-likeness (QED) is 0.800. The van der Waals surface area contributed by atoms with Crippen molar-refractivity contribution in [1.82, 2.24) is 0 Å². The lowest BCUT2D eigenvalue weighted by Gasteiger charge is -2.37. The molecule has 23 heavy (non-hydrogen) atoms. The average Bonchev–Trinajstić information content (AvgIpc) is 2.63. The Balaban J connectivity index is 1.48. The van der Waals surface area contributed by atoms with E-state index in [4.69, 9.17) is 14.7 Å². The predicted octanol–water partition coefficient (Wildman–Crippen LogP) is 4.83. The van der Waals surface area contributed by atoms with Crippen LogP contribution in [0.4, 0.5) is 0 Å². The fourth-order valence-electron chi connectivity index (χ4n) is 4.05. The van der Waals surface area contributed by atoms with E-state index < -0.39 is 0 Å². The molecule has 1 heterocycles. The van der Waals surface area contributed by atoms with Gasteiger partial charge in [-0.25, -0.2) is 0 Å². The Morgan fingerprint density at radius 1 is 1.00 bits per heavy atom.